The third kappa shape index (κ3) is 1.37. The van der Waals surface area contributed by atoms with Crippen molar-refractivity contribution < 1.29 is 0 Å². The molecule has 0 aromatic heterocycles. The van der Waals surface area contributed by atoms with E-state index >= 15 is 0 Å². The van der Waals surface area contributed by atoms with E-state index in [-0.39, 0.29) is 0 Å². The third-order valence-electron chi connectivity index (χ3n) is 5.11. The Labute approximate surface area is 91.4 Å². The van der Waals surface area contributed by atoms with Crippen LogP contribution in [-0.2, 0) is 0 Å². The van der Waals surface area contributed by atoms with Crippen LogP contribution < -0.4 is 16.0 Å². The van der Waals surface area contributed by atoms with E-state index in [9.17, 15) is 0 Å². The smallest absolute Gasteiger partial charge is 0.0616 e. The van der Waals surface area contributed by atoms with Crippen LogP contribution in [0.25, 0.3) is 0 Å². The number of hydrogen-bond acceptors (Lipinski definition) is 3. The van der Waals surface area contributed by atoms with E-state index in [0.717, 1.165) is 23.7 Å². The molecule has 0 aromatic carbocycles. The lowest BCUT2D eigenvalue weighted by atomic mass is 9.98. The van der Waals surface area contributed by atoms with Gasteiger partial charge in [-0.25, -0.2) is 0 Å². The van der Waals surface area contributed by atoms with Gasteiger partial charge < -0.3 is 10.6 Å². The number of fused-ring (bicyclic) bond motifs is 2. The van der Waals surface area contributed by atoms with Crippen molar-refractivity contribution in [2.24, 2.45) is 23.7 Å². The molecular formula is C12H21N3. The molecule has 2 aliphatic heterocycles. The van der Waals surface area contributed by atoms with Gasteiger partial charge in [-0.1, -0.05) is 6.42 Å². The molecule has 3 N–H and O–H groups in total. The molecule has 4 fully saturated rings. The van der Waals surface area contributed by atoms with Gasteiger partial charge in [-0.15, -0.1) is 0 Å². The molecule has 4 aliphatic rings. The minimum Gasteiger partial charge on any atom is -0.301 e. The summed E-state index contributed by atoms with van der Waals surface area (Å²) in [7, 11) is 0. The molecule has 3 heteroatoms. The second-order valence-corrected chi connectivity index (χ2v) is 5.95. The fraction of sp³-hybridized carbons (Fsp3) is 1.00. The summed E-state index contributed by atoms with van der Waals surface area (Å²) in [6, 6.07) is 0. The van der Waals surface area contributed by atoms with E-state index in [2.05, 4.69) is 16.0 Å². The monoisotopic (exact) mass is 207 g/mol. The SMILES string of the molecule is C1CC2CNC(NC3NCC4CC43)C2C1. The maximum atomic E-state index is 3.82. The molecule has 0 bridgehead atoms. The van der Waals surface area contributed by atoms with E-state index in [1.54, 1.807) is 0 Å². The van der Waals surface area contributed by atoms with Crippen molar-refractivity contribution in [2.75, 3.05) is 13.1 Å². The first-order valence-electron chi connectivity index (χ1n) is 6.64. The average molecular weight is 207 g/mol. The fourth-order valence-corrected chi connectivity index (χ4v) is 4.09. The summed E-state index contributed by atoms with van der Waals surface area (Å²) < 4.78 is 0. The highest BCUT2D eigenvalue weighted by atomic mass is 15.3. The molecule has 2 saturated heterocycles. The molecule has 3 nitrogen and oxygen atoms in total. The molecule has 2 heterocycles. The molecule has 0 radical (unpaired) electrons. The Hall–Kier alpha value is -0.120. The van der Waals surface area contributed by atoms with Crippen molar-refractivity contribution in [3.8, 4) is 0 Å². The second-order valence-electron chi connectivity index (χ2n) is 5.95. The first-order chi connectivity index (χ1) is 7.42. The van der Waals surface area contributed by atoms with Gasteiger partial charge in [0.25, 0.3) is 0 Å². The van der Waals surface area contributed by atoms with Gasteiger partial charge in [0.1, 0.15) is 0 Å². The van der Waals surface area contributed by atoms with Crippen molar-refractivity contribution >= 4 is 0 Å². The van der Waals surface area contributed by atoms with Crippen molar-refractivity contribution in [3.05, 3.63) is 0 Å². The Bertz CT molecular complexity index is 268. The lowest BCUT2D eigenvalue weighted by Crippen LogP contribution is -2.52. The summed E-state index contributed by atoms with van der Waals surface area (Å²) in [6.07, 6.45) is 7.04. The van der Waals surface area contributed by atoms with Crippen LogP contribution >= 0.6 is 0 Å². The topological polar surface area (TPSA) is 36.1 Å². The minimum atomic E-state index is 0.606. The predicted molar refractivity (Wildman–Crippen MR) is 59.1 cm³/mol. The first kappa shape index (κ1) is 8.97. The van der Waals surface area contributed by atoms with E-state index in [0.29, 0.717) is 12.3 Å². The average Bonchev–Trinajstić information content (AvgIpc) is 2.65. The summed E-state index contributed by atoms with van der Waals surface area (Å²) in [4.78, 5) is 0. The first-order valence-corrected chi connectivity index (χ1v) is 6.64. The zero-order valence-electron chi connectivity index (χ0n) is 9.21. The molecule has 84 valence electrons. The Balaban J connectivity index is 1.41. The number of piperidine rings is 1. The summed E-state index contributed by atoms with van der Waals surface area (Å²) >= 11 is 0. The second kappa shape index (κ2) is 3.19. The molecule has 15 heavy (non-hydrogen) atoms. The summed E-state index contributed by atoms with van der Waals surface area (Å²) in [5.41, 5.74) is 0. The van der Waals surface area contributed by atoms with Crippen LogP contribution in [0.2, 0.25) is 0 Å². The molecule has 6 atom stereocenters. The normalized spacial score (nSPS) is 56.8. The zero-order chi connectivity index (χ0) is 9.83. The van der Waals surface area contributed by atoms with Crippen molar-refractivity contribution in [1.82, 2.24) is 16.0 Å². The Morgan fingerprint density at radius 3 is 2.47 bits per heavy atom. The standard InChI is InChI=1S/C12H21N3/c1-2-7-5-13-11(9(7)3-1)15-12-10-4-8(10)6-14-12/h7-15H,1-6H2. The van der Waals surface area contributed by atoms with Crippen molar-refractivity contribution in [1.29, 1.82) is 0 Å². The number of rotatable bonds is 2. The lowest BCUT2D eigenvalue weighted by Gasteiger charge is -2.25. The van der Waals surface area contributed by atoms with Gasteiger partial charge in [-0.3, -0.25) is 5.32 Å². The minimum absolute atomic E-state index is 0.606. The molecule has 2 saturated carbocycles. The molecule has 0 amide bonds. The molecule has 0 spiro atoms. The van der Waals surface area contributed by atoms with Gasteiger partial charge in [0, 0.05) is 0 Å². The van der Waals surface area contributed by atoms with Gasteiger partial charge in [-0.05, 0) is 56.0 Å². The van der Waals surface area contributed by atoms with E-state index in [4.69, 9.17) is 0 Å². The van der Waals surface area contributed by atoms with Crippen LogP contribution in [0.15, 0.2) is 0 Å². The molecule has 4 rings (SSSR count). The van der Waals surface area contributed by atoms with E-state index < -0.39 is 0 Å². The quantitative estimate of drug-likeness (QED) is 0.616. The molecule has 0 aromatic rings. The van der Waals surface area contributed by atoms with Gasteiger partial charge in [0.15, 0.2) is 0 Å². The largest absolute Gasteiger partial charge is 0.301 e. The van der Waals surface area contributed by atoms with Crippen LogP contribution in [0.4, 0.5) is 0 Å². The van der Waals surface area contributed by atoms with Gasteiger partial charge in [0.05, 0.1) is 12.3 Å². The van der Waals surface area contributed by atoms with Crippen LogP contribution in [-0.4, -0.2) is 25.4 Å². The van der Waals surface area contributed by atoms with Gasteiger partial charge in [-0.2, -0.15) is 0 Å². The highest BCUT2D eigenvalue weighted by molar-refractivity contribution is 5.03. The van der Waals surface area contributed by atoms with Crippen molar-refractivity contribution in [3.63, 3.8) is 0 Å². The maximum absolute atomic E-state index is 3.82. The Morgan fingerprint density at radius 1 is 0.867 bits per heavy atom. The van der Waals surface area contributed by atoms with E-state index in [1.165, 1.54) is 38.8 Å². The predicted octanol–water partition coefficient (Wildman–Crippen LogP) is 0.487. The number of hydrogen-bond donors (Lipinski definition) is 3. The van der Waals surface area contributed by atoms with Crippen LogP contribution in [0.1, 0.15) is 25.7 Å². The third-order valence-corrected chi connectivity index (χ3v) is 5.11. The molecule has 2 aliphatic carbocycles. The highest BCUT2D eigenvalue weighted by Gasteiger charge is 2.50. The maximum Gasteiger partial charge on any atom is 0.0616 e. The molecule has 6 unspecified atom stereocenters. The zero-order valence-corrected chi connectivity index (χ0v) is 9.21. The van der Waals surface area contributed by atoms with Gasteiger partial charge >= 0.3 is 0 Å². The van der Waals surface area contributed by atoms with Crippen LogP contribution in [0, 0.1) is 23.7 Å². The molecular weight excluding hydrogens is 186 g/mol. The van der Waals surface area contributed by atoms with E-state index in [1.807, 2.05) is 0 Å². The Morgan fingerprint density at radius 2 is 1.67 bits per heavy atom. The number of nitrogens with one attached hydrogen (secondary N) is 3. The van der Waals surface area contributed by atoms with Crippen molar-refractivity contribution in [2.45, 2.75) is 38.0 Å². The highest BCUT2D eigenvalue weighted by Crippen LogP contribution is 2.45. The Kier molecular flexibility index (Phi) is 1.91. The lowest BCUT2D eigenvalue weighted by molar-refractivity contribution is 0.292. The summed E-state index contributed by atoms with van der Waals surface area (Å²) in [5, 5.41) is 11.1. The fourth-order valence-electron chi connectivity index (χ4n) is 4.09. The summed E-state index contributed by atoms with van der Waals surface area (Å²) in [5.74, 6) is 3.85. The van der Waals surface area contributed by atoms with Crippen LogP contribution in [0.5, 0.6) is 0 Å². The van der Waals surface area contributed by atoms with Gasteiger partial charge in [0.2, 0.25) is 0 Å². The van der Waals surface area contributed by atoms with Crippen LogP contribution in [0.3, 0.4) is 0 Å². The summed E-state index contributed by atoms with van der Waals surface area (Å²) in [6.45, 7) is 2.51.